The van der Waals surface area contributed by atoms with Crippen molar-refractivity contribution in [1.29, 1.82) is 0 Å². The Bertz CT molecular complexity index is 848. The van der Waals surface area contributed by atoms with E-state index in [2.05, 4.69) is 16.2 Å². The van der Waals surface area contributed by atoms with E-state index in [9.17, 15) is 4.79 Å². The highest BCUT2D eigenvalue weighted by Gasteiger charge is 2.19. The molecule has 23 heavy (non-hydrogen) atoms. The minimum Gasteiger partial charge on any atom is -0.340 e. The number of terminal acetylenes is 1. The second kappa shape index (κ2) is 6.91. The lowest BCUT2D eigenvalue weighted by Gasteiger charge is -2.02. The molecule has 0 aliphatic carbocycles. The van der Waals surface area contributed by atoms with Crippen molar-refractivity contribution in [3.05, 3.63) is 65.5 Å². The first-order valence-corrected chi connectivity index (χ1v) is 7.94. The minimum atomic E-state index is -0.193. The first-order valence-electron chi connectivity index (χ1n) is 7.13. The number of rotatable bonds is 4. The number of hydrogen-bond donors (Lipinski definition) is 1. The van der Waals surface area contributed by atoms with Gasteiger partial charge in [-0.05, 0) is 0 Å². The van der Waals surface area contributed by atoms with E-state index >= 15 is 0 Å². The SMILES string of the molecule is C#CCNC(=O)c1sc(-c2ccccc2)nc1-c1ccccc1. The van der Waals surface area contributed by atoms with Crippen LogP contribution in [0.5, 0.6) is 0 Å². The molecule has 3 rings (SSSR count). The van der Waals surface area contributed by atoms with Gasteiger partial charge in [0.05, 0.1) is 12.2 Å². The van der Waals surface area contributed by atoms with Gasteiger partial charge in [0.2, 0.25) is 0 Å². The second-order valence-electron chi connectivity index (χ2n) is 4.82. The number of carbonyl (C=O) groups excluding carboxylic acids is 1. The molecule has 2 aromatic carbocycles. The van der Waals surface area contributed by atoms with Crippen molar-refractivity contribution in [3.8, 4) is 34.2 Å². The second-order valence-corrected chi connectivity index (χ2v) is 5.81. The lowest BCUT2D eigenvalue weighted by atomic mass is 10.1. The van der Waals surface area contributed by atoms with Crippen LogP contribution in [0.1, 0.15) is 9.67 Å². The molecule has 0 aliphatic rings. The highest BCUT2D eigenvalue weighted by Crippen LogP contribution is 2.33. The minimum absolute atomic E-state index is 0.193. The zero-order chi connectivity index (χ0) is 16.1. The molecule has 0 atom stereocenters. The molecule has 0 spiro atoms. The van der Waals surface area contributed by atoms with Gasteiger partial charge in [-0.2, -0.15) is 0 Å². The normalized spacial score (nSPS) is 10.0. The molecule has 0 saturated heterocycles. The molecule has 0 aliphatic heterocycles. The fourth-order valence-electron chi connectivity index (χ4n) is 2.18. The Morgan fingerprint density at radius 3 is 2.26 bits per heavy atom. The van der Waals surface area contributed by atoms with Gasteiger partial charge in [-0.3, -0.25) is 4.79 Å². The third-order valence-electron chi connectivity index (χ3n) is 3.25. The molecule has 3 aromatic rings. The predicted molar refractivity (Wildman–Crippen MR) is 94.2 cm³/mol. The Morgan fingerprint density at radius 2 is 1.65 bits per heavy atom. The van der Waals surface area contributed by atoms with E-state index in [0.29, 0.717) is 10.6 Å². The van der Waals surface area contributed by atoms with Crippen LogP contribution in [0.25, 0.3) is 21.8 Å². The van der Waals surface area contributed by atoms with E-state index in [1.165, 1.54) is 11.3 Å². The maximum absolute atomic E-state index is 12.4. The van der Waals surface area contributed by atoms with Crippen LogP contribution in [0.3, 0.4) is 0 Å². The van der Waals surface area contributed by atoms with Crippen LogP contribution in [0, 0.1) is 12.3 Å². The van der Waals surface area contributed by atoms with Gasteiger partial charge in [-0.1, -0.05) is 66.6 Å². The Kier molecular flexibility index (Phi) is 4.51. The van der Waals surface area contributed by atoms with Crippen molar-refractivity contribution < 1.29 is 4.79 Å². The fourth-order valence-corrected chi connectivity index (χ4v) is 3.19. The Labute approximate surface area is 139 Å². The van der Waals surface area contributed by atoms with E-state index in [0.717, 1.165) is 16.1 Å². The van der Waals surface area contributed by atoms with Crippen LogP contribution < -0.4 is 5.32 Å². The number of benzene rings is 2. The largest absolute Gasteiger partial charge is 0.340 e. The lowest BCUT2D eigenvalue weighted by molar-refractivity contribution is 0.0963. The van der Waals surface area contributed by atoms with E-state index in [1.54, 1.807) is 0 Å². The van der Waals surface area contributed by atoms with Gasteiger partial charge < -0.3 is 5.32 Å². The van der Waals surface area contributed by atoms with Gasteiger partial charge >= 0.3 is 0 Å². The first-order chi connectivity index (χ1) is 11.3. The molecule has 112 valence electrons. The van der Waals surface area contributed by atoms with Crippen LogP contribution in [0.15, 0.2) is 60.7 Å². The Balaban J connectivity index is 2.07. The number of carbonyl (C=O) groups is 1. The van der Waals surface area contributed by atoms with E-state index < -0.39 is 0 Å². The maximum atomic E-state index is 12.4. The molecule has 1 heterocycles. The summed E-state index contributed by atoms with van der Waals surface area (Å²) in [6.07, 6.45) is 5.22. The summed E-state index contributed by atoms with van der Waals surface area (Å²) in [6.45, 7) is 0.200. The smallest absolute Gasteiger partial charge is 0.264 e. The van der Waals surface area contributed by atoms with Crippen molar-refractivity contribution >= 4 is 17.2 Å². The number of nitrogens with one attached hydrogen (secondary N) is 1. The number of thiazole rings is 1. The van der Waals surface area contributed by atoms with Crippen molar-refractivity contribution in [2.75, 3.05) is 6.54 Å². The molecule has 0 radical (unpaired) electrons. The summed E-state index contributed by atoms with van der Waals surface area (Å²) >= 11 is 1.37. The van der Waals surface area contributed by atoms with Crippen LogP contribution >= 0.6 is 11.3 Å². The van der Waals surface area contributed by atoms with E-state index in [-0.39, 0.29) is 12.5 Å². The first kappa shape index (κ1) is 15.0. The summed E-state index contributed by atoms with van der Waals surface area (Å²) in [6, 6.07) is 19.5. The zero-order valence-corrected chi connectivity index (χ0v) is 13.1. The molecule has 0 bridgehead atoms. The number of amides is 1. The number of aromatic nitrogens is 1. The summed E-state index contributed by atoms with van der Waals surface area (Å²) < 4.78 is 0. The summed E-state index contributed by atoms with van der Waals surface area (Å²) in [4.78, 5) is 17.7. The quantitative estimate of drug-likeness (QED) is 0.743. The van der Waals surface area contributed by atoms with Crippen molar-refractivity contribution in [2.45, 2.75) is 0 Å². The molecule has 1 aromatic heterocycles. The maximum Gasteiger partial charge on any atom is 0.264 e. The van der Waals surface area contributed by atoms with Crippen LogP contribution in [0.2, 0.25) is 0 Å². The molecule has 1 amide bonds. The summed E-state index contributed by atoms with van der Waals surface area (Å²) in [5.74, 6) is 2.23. The average molecular weight is 318 g/mol. The molecule has 3 nitrogen and oxygen atoms in total. The van der Waals surface area contributed by atoms with Crippen LogP contribution in [-0.2, 0) is 0 Å². The average Bonchev–Trinajstić information content (AvgIpc) is 3.07. The monoisotopic (exact) mass is 318 g/mol. The third-order valence-corrected chi connectivity index (χ3v) is 4.36. The highest BCUT2D eigenvalue weighted by molar-refractivity contribution is 7.17. The van der Waals surface area contributed by atoms with Gasteiger partial charge in [0.15, 0.2) is 0 Å². The van der Waals surface area contributed by atoms with E-state index in [4.69, 9.17) is 6.42 Å². The molecule has 0 unspecified atom stereocenters. The molecule has 0 saturated carbocycles. The van der Waals surface area contributed by atoms with Gasteiger partial charge in [0, 0.05) is 11.1 Å². The van der Waals surface area contributed by atoms with Crippen LogP contribution in [-0.4, -0.2) is 17.4 Å². The standard InChI is InChI=1S/C19H14N2OS/c1-2-13-20-18(22)17-16(14-9-5-3-6-10-14)21-19(23-17)15-11-7-4-8-12-15/h1,3-12H,13H2,(H,20,22). The Morgan fingerprint density at radius 1 is 1.04 bits per heavy atom. The fraction of sp³-hybridized carbons (Fsp3) is 0.0526. The van der Waals surface area contributed by atoms with Crippen molar-refractivity contribution in [3.63, 3.8) is 0 Å². The summed E-state index contributed by atoms with van der Waals surface area (Å²) in [5.41, 5.74) is 2.59. The zero-order valence-electron chi connectivity index (χ0n) is 12.3. The highest BCUT2D eigenvalue weighted by atomic mass is 32.1. The van der Waals surface area contributed by atoms with Gasteiger partial charge in [0.1, 0.15) is 9.88 Å². The lowest BCUT2D eigenvalue weighted by Crippen LogP contribution is -2.23. The third kappa shape index (κ3) is 3.31. The van der Waals surface area contributed by atoms with Crippen molar-refractivity contribution in [2.24, 2.45) is 0 Å². The van der Waals surface area contributed by atoms with E-state index in [1.807, 2.05) is 60.7 Å². The molecular weight excluding hydrogens is 304 g/mol. The molecule has 0 fully saturated rings. The van der Waals surface area contributed by atoms with Gasteiger partial charge in [-0.15, -0.1) is 17.8 Å². The molecule has 1 N–H and O–H groups in total. The summed E-state index contributed by atoms with van der Waals surface area (Å²) in [5, 5.41) is 3.53. The topological polar surface area (TPSA) is 42.0 Å². The Hall–Kier alpha value is -2.90. The van der Waals surface area contributed by atoms with Gasteiger partial charge in [-0.25, -0.2) is 4.98 Å². The summed E-state index contributed by atoms with van der Waals surface area (Å²) in [7, 11) is 0. The van der Waals surface area contributed by atoms with Crippen molar-refractivity contribution in [1.82, 2.24) is 10.3 Å². The van der Waals surface area contributed by atoms with Gasteiger partial charge in [0.25, 0.3) is 5.91 Å². The molecular formula is C19H14N2OS. The number of hydrogen-bond acceptors (Lipinski definition) is 3. The van der Waals surface area contributed by atoms with Crippen LogP contribution in [0.4, 0.5) is 0 Å². The number of nitrogens with zero attached hydrogens (tertiary/aromatic N) is 1. The predicted octanol–water partition coefficient (Wildman–Crippen LogP) is 3.84. The molecule has 4 heteroatoms.